The van der Waals surface area contributed by atoms with Gasteiger partial charge in [-0.05, 0) is 24.3 Å². The summed E-state index contributed by atoms with van der Waals surface area (Å²) >= 11 is 0. The molecule has 15 heavy (non-hydrogen) atoms. The summed E-state index contributed by atoms with van der Waals surface area (Å²) in [6.45, 7) is 1.32. The highest BCUT2D eigenvalue weighted by Gasteiger charge is 2.05. The average Bonchev–Trinajstić information content (AvgIpc) is 2.18. The Morgan fingerprint density at radius 2 is 1.87 bits per heavy atom. The Hall–Kier alpha value is -1.07. The number of methoxy groups -OCH3 is 1. The van der Waals surface area contributed by atoms with Crippen LogP contribution in [0.3, 0.4) is 0 Å². The van der Waals surface area contributed by atoms with Gasteiger partial charge < -0.3 is 10.1 Å². The smallest absolute Gasteiger partial charge is 0.175 e. The minimum atomic E-state index is -3.10. The monoisotopic (exact) mass is 229 g/mol. The van der Waals surface area contributed by atoms with Crippen LogP contribution in [0, 0.1) is 0 Å². The van der Waals surface area contributed by atoms with Crippen LogP contribution in [-0.2, 0) is 14.6 Å². The van der Waals surface area contributed by atoms with Crippen LogP contribution in [0.25, 0.3) is 0 Å². The summed E-state index contributed by atoms with van der Waals surface area (Å²) in [5, 5.41) is 3.10. The predicted molar refractivity (Wildman–Crippen MR) is 59.9 cm³/mol. The minimum absolute atomic E-state index is 0.333. The van der Waals surface area contributed by atoms with E-state index < -0.39 is 9.84 Å². The van der Waals surface area contributed by atoms with E-state index in [4.69, 9.17) is 4.74 Å². The molecular weight excluding hydrogens is 214 g/mol. The average molecular weight is 229 g/mol. The van der Waals surface area contributed by atoms with Gasteiger partial charge in [-0.1, -0.05) is 0 Å². The Balaban J connectivity index is 2.65. The van der Waals surface area contributed by atoms with Gasteiger partial charge in [0, 0.05) is 25.6 Å². The lowest BCUT2D eigenvalue weighted by Crippen LogP contribution is -2.07. The number of sulfone groups is 1. The summed E-state index contributed by atoms with van der Waals surface area (Å²) < 4.78 is 27.2. The summed E-state index contributed by atoms with van der Waals surface area (Å²) in [6, 6.07) is 6.66. The zero-order chi connectivity index (χ0) is 11.3. The fraction of sp³-hybridized carbons (Fsp3) is 0.400. The third-order valence-electron chi connectivity index (χ3n) is 1.92. The van der Waals surface area contributed by atoms with Gasteiger partial charge in [-0.3, -0.25) is 0 Å². The topological polar surface area (TPSA) is 55.4 Å². The van der Waals surface area contributed by atoms with Crippen LogP contribution in [0.5, 0.6) is 0 Å². The summed E-state index contributed by atoms with van der Waals surface area (Å²) in [5.41, 5.74) is 0.888. The molecule has 0 unspecified atom stereocenters. The molecule has 0 saturated carbocycles. The van der Waals surface area contributed by atoms with E-state index in [1.165, 1.54) is 6.26 Å². The number of benzene rings is 1. The van der Waals surface area contributed by atoms with Crippen LogP contribution >= 0.6 is 0 Å². The van der Waals surface area contributed by atoms with Gasteiger partial charge in [-0.25, -0.2) is 8.42 Å². The van der Waals surface area contributed by atoms with Crippen molar-refractivity contribution < 1.29 is 13.2 Å². The SMILES string of the molecule is COCCNc1ccc(S(C)(=O)=O)cc1. The van der Waals surface area contributed by atoms with Crippen LogP contribution < -0.4 is 5.32 Å². The lowest BCUT2D eigenvalue weighted by atomic mass is 10.3. The van der Waals surface area contributed by atoms with Gasteiger partial charge >= 0.3 is 0 Å². The van der Waals surface area contributed by atoms with Crippen LogP contribution in [0.2, 0.25) is 0 Å². The highest BCUT2D eigenvalue weighted by molar-refractivity contribution is 7.90. The molecule has 0 atom stereocenters. The Labute approximate surface area is 90.2 Å². The predicted octanol–water partition coefficient (Wildman–Crippen LogP) is 1.15. The van der Waals surface area contributed by atoms with Gasteiger partial charge in [0.1, 0.15) is 0 Å². The number of hydrogen-bond donors (Lipinski definition) is 1. The van der Waals surface area contributed by atoms with E-state index in [2.05, 4.69) is 5.32 Å². The van der Waals surface area contributed by atoms with Crippen molar-refractivity contribution in [2.75, 3.05) is 31.8 Å². The number of nitrogens with one attached hydrogen (secondary N) is 1. The maximum atomic E-state index is 11.2. The van der Waals surface area contributed by atoms with Gasteiger partial charge in [0.15, 0.2) is 9.84 Å². The molecule has 0 heterocycles. The van der Waals surface area contributed by atoms with Crippen LogP contribution in [0.15, 0.2) is 29.2 Å². The van der Waals surface area contributed by atoms with Crippen LogP contribution in [0.1, 0.15) is 0 Å². The molecule has 1 rings (SSSR count). The molecule has 0 amide bonds. The Kier molecular flexibility index (Phi) is 4.11. The fourth-order valence-corrected chi connectivity index (χ4v) is 1.75. The van der Waals surface area contributed by atoms with E-state index in [0.29, 0.717) is 18.0 Å². The van der Waals surface area contributed by atoms with Crippen molar-refractivity contribution in [2.24, 2.45) is 0 Å². The first kappa shape index (κ1) is 12.0. The summed E-state index contributed by atoms with van der Waals surface area (Å²) in [4.78, 5) is 0.333. The van der Waals surface area contributed by atoms with Crippen molar-refractivity contribution in [3.05, 3.63) is 24.3 Å². The third-order valence-corrected chi connectivity index (χ3v) is 3.05. The largest absolute Gasteiger partial charge is 0.383 e. The molecule has 0 radical (unpaired) electrons. The zero-order valence-electron chi connectivity index (χ0n) is 8.86. The van der Waals surface area contributed by atoms with Gasteiger partial charge in [-0.15, -0.1) is 0 Å². The van der Waals surface area contributed by atoms with Gasteiger partial charge in [0.25, 0.3) is 0 Å². The maximum Gasteiger partial charge on any atom is 0.175 e. The zero-order valence-corrected chi connectivity index (χ0v) is 9.67. The highest BCUT2D eigenvalue weighted by atomic mass is 32.2. The minimum Gasteiger partial charge on any atom is -0.383 e. The molecule has 0 aromatic heterocycles. The molecule has 84 valence electrons. The van der Waals surface area contributed by atoms with Gasteiger partial charge in [0.05, 0.1) is 11.5 Å². The number of ether oxygens (including phenoxy) is 1. The number of rotatable bonds is 5. The Morgan fingerprint density at radius 1 is 1.27 bits per heavy atom. The quantitative estimate of drug-likeness (QED) is 0.769. The second kappa shape index (κ2) is 5.14. The second-order valence-electron chi connectivity index (χ2n) is 3.22. The van der Waals surface area contributed by atoms with E-state index in [1.807, 2.05) is 0 Å². The molecule has 0 bridgehead atoms. The van der Waals surface area contributed by atoms with Crippen LogP contribution in [0.4, 0.5) is 5.69 Å². The molecule has 4 nitrogen and oxygen atoms in total. The van der Waals surface area contributed by atoms with Crippen molar-refractivity contribution >= 4 is 15.5 Å². The summed E-state index contributed by atoms with van der Waals surface area (Å²) in [7, 11) is -1.46. The second-order valence-corrected chi connectivity index (χ2v) is 5.23. The normalized spacial score (nSPS) is 11.3. The first-order chi connectivity index (χ1) is 7.04. The molecule has 0 saturated heterocycles. The molecule has 5 heteroatoms. The van der Waals surface area contributed by atoms with E-state index in [1.54, 1.807) is 31.4 Å². The van der Waals surface area contributed by atoms with Crippen molar-refractivity contribution in [2.45, 2.75) is 4.90 Å². The highest BCUT2D eigenvalue weighted by Crippen LogP contribution is 2.13. The van der Waals surface area contributed by atoms with Crippen LogP contribution in [-0.4, -0.2) is 34.9 Å². The van der Waals surface area contributed by atoms with E-state index in [-0.39, 0.29) is 0 Å². The molecule has 1 aromatic carbocycles. The Bertz CT molecular complexity index is 397. The first-order valence-electron chi connectivity index (χ1n) is 4.57. The van der Waals surface area contributed by atoms with E-state index >= 15 is 0 Å². The van der Waals surface area contributed by atoms with Crippen molar-refractivity contribution in [3.8, 4) is 0 Å². The molecule has 0 aliphatic heterocycles. The molecule has 0 spiro atoms. The first-order valence-corrected chi connectivity index (χ1v) is 6.46. The molecular formula is C10H15NO3S. The molecule has 0 fully saturated rings. The molecule has 1 N–H and O–H groups in total. The standard InChI is InChI=1S/C10H15NO3S/c1-14-8-7-11-9-3-5-10(6-4-9)15(2,12)13/h3-6,11H,7-8H2,1-2H3. The van der Waals surface area contributed by atoms with Crippen molar-refractivity contribution in [1.82, 2.24) is 0 Å². The van der Waals surface area contributed by atoms with E-state index in [0.717, 1.165) is 5.69 Å². The van der Waals surface area contributed by atoms with Crippen molar-refractivity contribution in [1.29, 1.82) is 0 Å². The summed E-state index contributed by atoms with van der Waals surface area (Å²) in [5.74, 6) is 0. The molecule has 0 aliphatic rings. The lowest BCUT2D eigenvalue weighted by Gasteiger charge is -2.05. The molecule has 1 aromatic rings. The Morgan fingerprint density at radius 3 is 2.33 bits per heavy atom. The van der Waals surface area contributed by atoms with Gasteiger partial charge in [0.2, 0.25) is 0 Å². The fourth-order valence-electron chi connectivity index (χ4n) is 1.12. The van der Waals surface area contributed by atoms with Crippen molar-refractivity contribution in [3.63, 3.8) is 0 Å². The number of hydrogen-bond acceptors (Lipinski definition) is 4. The lowest BCUT2D eigenvalue weighted by molar-refractivity contribution is 0.211. The maximum absolute atomic E-state index is 11.2. The third kappa shape index (κ3) is 3.89. The number of anilines is 1. The van der Waals surface area contributed by atoms with Gasteiger partial charge in [-0.2, -0.15) is 0 Å². The molecule has 0 aliphatic carbocycles. The van der Waals surface area contributed by atoms with E-state index in [9.17, 15) is 8.42 Å². The summed E-state index contributed by atoms with van der Waals surface area (Å²) in [6.07, 6.45) is 1.19.